The minimum atomic E-state index is -1.25. The maximum absolute atomic E-state index is 12.4. The minimum Gasteiger partial charge on any atom is -0.325 e. The van der Waals surface area contributed by atoms with Gasteiger partial charge in [-0.25, -0.2) is 0 Å². The Morgan fingerprint density at radius 1 is 1.27 bits per heavy atom. The van der Waals surface area contributed by atoms with E-state index < -0.39 is 11.8 Å². The molecule has 0 aliphatic carbocycles. The molecule has 1 heterocycles. The van der Waals surface area contributed by atoms with Crippen LogP contribution in [-0.2, 0) is 14.4 Å². The van der Waals surface area contributed by atoms with Gasteiger partial charge in [-0.3, -0.25) is 14.4 Å². The van der Waals surface area contributed by atoms with E-state index in [0.29, 0.717) is 10.7 Å². The molecule has 7 heteroatoms. The van der Waals surface area contributed by atoms with Gasteiger partial charge in [0.1, 0.15) is 0 Å². The Bertz CT molecular complexity index is 633. The smallest absolute Gasteiger partial charge is 0.242 e. The molecule has 1 aromatic rings. The molecule has 0 spiro atoms. The largest absolute Gasteiger partial charge is 0.325 e. The van der Waals surface area contributed by atoms with Crippen LogP contribution in [0.15, 0.2) is 18.2 Å². The highest BCUT2D eigenvalue weighted by Crippen LogP contribution is 2.31. The zero-order valence-corrected chi connectivity index (χ0v) is 14.4. The van der Waals surface area contributed by atoms with Crippen LogP contribution >= 0.6 is 35.0 Å². The summed E-state index contributed by atoms with van der Waals surface area (Å²) in [6, 6.07) is 4.59. The van der Waals surface area contributed by atoms with Crippen LogP contribution in [0.5, 0.6) is 0 Å². The van der Waals surface area contributed by atoms with Gasteiger partial charge in [0, 0.05) is 5.69 Å². The van der Waals surface area contributed by atoms with E-state index in [0.717, 1.165) is 0 Å². The SMILES string of the molecule is CC(C)C1SCC(=O)C(C(=O)Nc2ccc(Cl)c(Cl)c2)C1=O. The minimum absolute atomic E-state index is 0.0749. The molecule has 2 rings (SSSR count). The van der Waals surface area contributed by atoms with E-state index in [1.807, 2.05) is 13.8 Å². The maximum atomic E-state index is 12.4. The topological polar surface area (TPSA) is 63.2 Å². The molecule has 0 saturated carbocycles. The van der Waals surface area contributed by atoms with Crippen LogP contribution in [0, 0.1) is 11.8 Å². The Balaban J connectivity index is 2.17. The van der Waals surface area contributed by atoms with E-state index in [4.69, 9.17) is 23.2 Å². The number of anilines is 1. The van der Waals surface area contributed by atoms with Crippen molar-refractivity contribution in [3.8, 4) is 0 Å². The van der Waals surface area contributed by atoms with Gasteiger partial charge in [0.05, 0.1) is 21.0 Å². The van der Waals surface area contributed by atoms with Crippen molar-refractivity contribution in [1.29, 1.82) is 0 Å². The monoisotopic (exact) mass is 359 g/mol. The van der Waals surface area contributed by atoms with Crippen molar-refractivity contribution in [2.45, 2.75) is 19.1 Å². The summed E-state index contributed by atoms with van der Waals surface area (Å²) in [6.45, 7) is 3.80. The lowest BCUT2D eigenvalue weighted by Crippen LogP contribution is -2.46. The Morgan fingerprint density at radius 3 is 2.55 bits per heavy atom. The number of thioether (sulfide) groups is 1. The molecule has 1 saturated heterocycles. The normalized spacial score (nSPS) is 22.0. The van der Waals surface area contributed by atoms with Crippen LogP contribution in [0.4, 0.5) is 5.69 Å². The molecule has 2 unspecified atom stereocenters. The van der Waals surface area contributed by atoms with Gasteiger partial charge in [0.15, 0.2) is 17.5 Å². The highest BCUT2D eigenvalue weighted by Gasteiger charge is 2.43. The molecule has 1 aliphatic heterocycles. The van der Waals surface area contributed by atoms with Gasteiger partial charge in [-0.05, 0) is 24.1 Å². The first-order valence-electron chi connectivity index (χ1n) is 6.75. The van der Waals surface area contributed by atoms with Gasteiger partial charge in [0.25, 0.3) is 0 Å². The van der Waals surface area contributed by atoms with Gasteiger partial charge in [-0.15, -0.1) is 11.8 Å². The summed E-state index contributed by atoms with van der Waals surface area (Å²) in [5, 5.41) is 2.89. The van der Waals surface area contributed by atoms with Gasteiger partial charge in [-0.1, -0.05) is 37.0 Å². The molecular formula is C15H15Cl2NO3S. The second kappa shape index (κ2) is 7.02. The van der Waals surface area contributed by atoms with E-state index in [-0.39, 0.29) is 33.5 Å². The van der Waals surface area contributed by atoms with Crippen molar-refractivity contribution >= 4 is 58.1 Å². The molecule has 1 fully saturated rings. The van der Waals surface area contributed by atoms with Gasteiger partial charge in [-0.2, -0.15) is 0 Å². The number of ketones is 2. The molecular weight excluding hydrogens is 345 g/mol. The van der Waals surface area contributed by atoms with E-state index >= 15 is 0 Å². The predicted molar refractivity (Wildman–Crippen MR) is 89.7 cm³/mol. The van der Waals surface area contributed by atoms with Crippen molar-refractivity contribution in [3.05, 3.63) is 28.2 Å². The maximum Gasteiger partial charge on any atom is 0.242 e. The number of carbonyl (C=O) groups is 3. The lowest BCUT2D eigenvalue weighted by Gasteiger charge is -2.28. The fourth-order valence-electron chi connectivity index (χ4n) is 2.25. The first-order chi connectivity index (χ1) is 10.3. The third-order valence-electron chi connectivity index (χ3n) is 3.35. The molecule has 4 nitrogen and oxygen atoms in total. The van der Waals surface area contributed by atoms with Crippen LogP contribution in [0.3, 0.4) is 0 Å². The third-order valence-corrected chi connectivity index (χ3v) is 5.67. The molecule has 2 atom stereocenters. The number of hydrogen-bond donors (Lipinski definition) is 1. The summed E-state index contributed by atoms with van der Waals surface area (Å²) in [6.07, 6.45) is 0. The van der Waals surface area contributed by atoms with Crippen LogP contribution in [0.2, 0.25) is 10.0 Å². The van der Waals surface area contributed by atoms with Gasteiger partial charge >= 0.3 is 0 Å². The lowest BCUT2D eigenvalue weighted by atomic mass is 9.91. The quantitative estimate of drug-likeness (QED) is 0.839. The summed E-state index contributed by atoms with van der Waals surface area (Å²) in [5.41, 5.74) is 0.402. The molecule has 1 N–H and O–H groups in total. The summed E-state index contributed by atoms with van der Waals surface area (Å²) < 4.78 is 0. The Morgan fingerprint density at radius 2 is 1.95 bits per heavy atom. The van der Waals surface area contributed by atoms with Crippen molar-refractivity contribution in [1.82, 2.24) is 0 Å². The average molecular weight is 360 g/mol. The van der Waals surface area contributed by atoms with Crippen molar-refractivity contribution in [2.24, 2.45) is 11.8 Å². The highest BCUT2D eigenvalue weighted by molar-refractivity contribution is 8.01. The summed E-state index contributed by atoms with van der Waals surface area (Å²) in [5.74, 6) is -2.29. The Hall–Kier alpha value is -1.04. The first kappa shape index (κ1) is 17.3. The zero-order chi connectivity index (χ0) is 16.4. The number of carbonyl (C=O) groups excluding carboxylic acids is 3. The molecule has 0 bridgehead atoms. The number of hydrogen-bond acceptors (Lipinski definition) is 4. The van der Waals surface area contributed by atoms with E-state index in [2.05, 4.69) is 5.32 Å². The second-order valence-corrected chi connectivity index (χ2v) is 7.34. The van der Waals surface area contributed by atoms with Gasteiger partial charge < -0.3 is 5.32 Å². The molecule has 0 aromatic heterocycles. The van der Waals surface area contributed by atoms with E-state index in [1.165, 1.54) is 23.9 Å². The van der Waals surface area contributed by atoms with Gasteiger partial charge in [0.2, 0.25) is 5.91 Å². The number of benzene rings is 1. The number of Topliss-reactive ketones (excluding diaryl/α,β-unsaturated/α-hetero) is 2. The Labute approximate surface area is 142 Å². The molecule has 1 aliphatic rings. The van der Waals surface area contributed by atoms with Crippen LogP contribution in [0.25, 0.3) is 0 Å². The van der Waals surface area contributed by atoms with E-state index in [1.54, 1.807) is 6.07 Å². The van der Waals surface area contributed by atoms with Crippen LogP contribution in [-0.4, -0.2) is 28.5 Å². The molecule has 1 amide bonds. The third kappa shape index (κ3) is 3.65. The zero-order valence-electron chi connectivity index (χ0n) is 12.1. The lowest BCUT2D eigenvalue weighted by molar-refractivity contribution is -0.138. The molecule has 0 radical (unpaired) electrons. The molecule has 118 valence electrons. The highest BCUT2D eigenvalue weighted by atomic mass is 35.5. The average Bonchev–Trinajstić information content (AvgIpc) is 2.42. The summed E-state index contributed by atoms with van der Waals surface area (Å²) >= 11 is 13.0. The van der Waals surface area contributed by atoms with Crippen molar-refractivity contribution < 1.29 is 14.4 Å². The van der Waals surface area contributed by atoms with Crippen LogP contribution < -0.4 is 5.32 Å². The van der Waals surface area contributed by atoms with E-state index in [9.17, 15) is 14.4 Å². The number of nitrogens with one attached hydrogen (secondary N) is 1. The van der Waals surface area contributed by atoms with Crippen molar-refractivity contribution in [2.75, 3.05) is 11.1 Å². The van der Waals surface area contributed by atoms with Crippen molar-refractivity contribution in [3.63, 3.8) is 0 Å². The molecule has 1 aromatic carbocycles. The fraction of sp³-hybridized carbons (Fsp3) is 0.400. The number of amides is 1. The fourth-order valence-corrected chi connectivity index (χ4v) is 3.74. The standard InChI is InChI=1S/C15H15Cl2NO3S/c1-7(2)14-13(20)12(11(19)6-22-14)15(21)18-8-3-4-9(16)10(17)5-8/h3-5,7,12,14H,6H2,1-2H3,(H,18,21). The van der Waals surface area contributed by atoms with Crippen LogP contribution in [0.1, 0.15) is 13.8 Å². The number of rotatable bonds is 3. The number of halogens is 2. The second-order valence-electron chi connectivity index (χ2n) is 5.40. The summed E-state index contributed by atoms with van der Waals surface area (Å²) in [7, 11) is 0. The predicted octanol–water partition coefficient (Wildman–Crippen LogP) is 3.46. The summed E-state index contributed by atoms with van der Waals surface area (Å²) in [4.78, 5) is 36.7. The Kier molecular flexibility index (Phi) is 5.53. The first-order valence-corrected chi connectivity index (χ1v) is 8.55. The molecule has 22 heavy (non-hydrogen) atoms.